The third kappa shape index (κ3) is 5.71. The molecule has 6 heteroatoms. The van der Waals surface area contributed by atoms with Crippen LogP contribution in [-0.2, 0) is 26.1 Å². The maximum atomic E-state index is 13.9. The minimum atomic E-state index is 0.129. The van der Waals surface area contributed by atoms with Crippen molar-refractivity contribution < 1.29 is 0 Å². The molecule has 0 saturated carbocycles. The van der Waals surface area contributed by atoms with Gasteiger partial charge in [-0.25, -0.2) is 4.98 Å². The molecule has 0 unspecified atom stereocenters. The number of hydrogen-bond donors (Lipinski definition) is 0. The van der Waals surface area contributed by atoms with E-state index in [4.69, 9.17) is 4.98 Å². The van der Waals surface area contributed by atoms with Gasteiger partial charge < -0.3 is 0 Å². The van der Waals surface area contributed by atoms with Gasteiger partial charge in [-0.15, -0.1) is 11.3 Å². The normalized spacial score (nSPS) is 13.9. The lowest BCUT2D eigenvalue weighted by Gasteiger charge is -2.26. The Hall–Kier alpha value is -2.41. The first-order chi connectivity index (χ1) is 17.2. The van der Waals surface area contributed by atoms with Gasteiger partial charge in [0.1, 0.15) is 4.83 Å². The summed E-state index contributed by atoms with van der Waals surface area (Å²) >= 11 is 3.47. The number of unbranched alkanes of at least 4 members (excludes halogenated alkanes) is 3. The Morgan fingerprint density at radius 2 is 1.66 bits per heavy atom. The summed E-state index contributed by atoms with van der Waals surface area (Å²) in [6.07, 6.45) is 5.80. The highest BCUT2D eigenvalue weighted by atomic mass is 32.2. The third-order valence-corrected chi connectivity index (χ3v) is 8.84. The van der Waals surface area contributed by atoms with Crippen molar-refractivity contribution in [2.75, 3.05) is 12.3 Å². The molecule has 2 aromatic heterocycles. The highest BCUT2D eigenvalue weighted by Crippen LogP contribution is 2.34. The van der Waals surface area contributed by atoms with Crippen LogP contribution in [0.3, 0.4) is 0 Å². The van der Waals surface area contributed by atoms with E-state index < -0.39 is 0 Å². The number of nitrogens with zero attached hydrogens (tertiary/aromatic N) is 3. The molecule has 0 saturated heterocycles. The molecule has 0 fully saturated rings. The van der Waals surface area contributed by atoms with Crippen molar-refractivity contribution in [2.45, 2.75) is 63.8 Å². The van der Waals surface area contributed by atoms with E-state index in [-0.39, 0.29) is 5.56 Å². The van der Waals surface area contributed by atoms with Gasteiger partial charge in [-0.2, -0.15) is 0 Å². The average Bonchev–Trinajstić information content (AvgIpc) is 3.25. The summed E-state index contributed by atoms with van der Waals surface area (Å²) in [6.45, 7) is 5.62. The molecule has 0 radical (unpaired) electrons. The maximum absolute atomic E-state index is 13.9. The van der Waals surface area contributed by atoms with Crippen molar-refractivity contribution in [1.82, 2.24) is 14.5 Å². The smallest absolute Gasteiger partial charge is 0.263 e. The largest absolute Gasteiger partial charge is 0.294 e. The average molecular weight is 504 g/mol. The number of hydrogen-bond acceptors (Lipinski definition) is 5. The molecule has 182 valence electrons. The molecule has 1 aliphatic heterocycles. The van der Waals surface area contributed by atoms with Gasteiger partial charge in [0.05, 0.1) is 11.9 Å². The van der Waals surface area contributed by atoms with Crippen LogP contribution in [0.15, 0.2) is 70.6 Å². The molecule has 2 aromatic carbocycles. The van der Waals surface area contributed by atoms with Crippen molar-refractivity contribution in [3.63, 3.8) is 0 Å². The molecule has 4 aromatic rings. The summed E-state index contributed by atoms with van der Waals surface area (Å²) in [5.41, 5.74) is 3.83. The van der Waals surface area contributed by atoms with E-state index in [0.717, 1.165) is 59.2 Å². The highest BCUT2D eigenvalue weighted by Gasteiger charge is 2.25. The molecule has 0 atom stereocenters. The van der Waals surface area contributed by atoms with E-state index in [1.165, 1.54) is 35.3 Å². The lowest BCUT2D eigenvalue weighted by molar-refractivity contribution is 0.249. The lowest BCUT2D eigenvalue weighted by atomic mass is 10.0. The minimum absolute atomic E-state index is 0.129. The molecule has 35 heavy (non-hydrogen) atoms. The Morgan fingerprint density at radius 3 is 2.37 bits per heavy atom. The fourth-order valence-corrected chi connectivity index (χ4v) is 7.10. The molecule has 5 rings (SSSR count). The predicted octanol–water partition coefficient (Wildman–Crippen LogP) is 6.74. The molecular weight excluding hydrogens is 470 g/mol. The van der Waals surface area contributed by atoms with Crippen molar-refractivity contribution in [3.8, 4) is 0 Å². The Balaban J connectivity index is 1.45. The van der Waals surface area contributed by atoms with Gasteiger partial charge in [-0.05, 0) is 29.5 Å². The summed E-state index contributed by atoms with van der Waals surface area (Å²) < 4.78 is 1.92. The Bertz CT molecular complexity index is 1310. The second-order valence-electron chi connectivity index (χ2n) is 9.31. The van der Waals surface area contributed by atoms with E-state index >= 15 is 0 Å². The molecule has 0 N–H and O–H groups in total. The number of thiophene rings is 1. The first kappa shape index (κ1) is 24.3. The van der Waals surface area contributed by atoms with Crippen LogP contribution < -0.4 is 5.56 Å². The molecule has 4 nitrogen and oxygen atoms in total. The van der Waals surface area contributed by atoms with Crippen LogP contribution >= 0.6 is 23.1 Å². The van der Waals surface area contributed by atoms with Crippen molar-refractivity contribution >= 4 is 33.3 Å². The van der Waals surface area contributed by atoms with Gasteiger partial charge in [-0.3, -0.25) is 14.3 Å². The number of aromatic nitrogens is 2. The predicted molar refractivity (Wildman–Crippen MR) is 149 cm³/mol. The quantitative estimate of drug-likeness (QED) is 0.136. The summed E-state index contributed by atoms with van der Waals surface area (Å²) in [6, 6.07) is 20.9. The molecule has 1 aliphatic rings. The number of fused-ring (bicyclic) bond motifs is 3. The zero-order valence-corrected chi connectivity index (χ0v) is 22.0. The van der Waals surface area contributed by atoms with E-state index in [1.807, 2.05) is 22.8 Å². The third-order valence-electron chi connectivity index (χ3n) is 6.67. The fourth-order valence-electron chi connectivity index (χ4n) is 4.79. The highest BCUT2D eigenvalue weighted by molar-refractivity contribution is 7.99. The van der Waals surface area contributed by atoms with Crippen molar-refractivity contribution in [3.05, 3.63) is 92.6 Å². The second-order valence-corrected chi connectivity index (χ2v) is 11.5. The monoisotopic (exact) mass is 503 g/mol. The second kappa shape index (κ2) is 11.5. The van der Waals surface area contributed by atoms with Crippen LogP contribution in [0, 0.1) is 0 Å². The number of thioether (sulfide) groups is 1. The van der Waals surface area contributed by atoms with Gasteiger partial charge >= 0.3 is 0 Å². The Labute approximate surface area is 216 Å². The summed E-state index contributed by atoms with van der Waals surface area (Å²) in [5.74, 6) is 1.00. The number of rotatable bonds is 10. The molecule has 0 bridgehead atoms. The van der Waals surface area contributed by atoms with Crippen molar-refractivity contribution in [2.24, 2.45) is 0 Å². The van der Waals surface area contributed by atoms with E-state index in [9.17, 15) is 4.79 Å². The van der Waals surface area contributed by atoms with Crippen LogP contribution in [0.4, 0.5) is 0 Å². The van der Waals surface area contributed by atoms with Crippen LogP contribution in [0.25, 0.3) is 10.2 Å². The first-order valence-corrected chi connectivity index (χ1v) is 14.5. The molecule has 3 heterocycles. The standard InChI is InChI=1S/C29H33N3OS2/c1-2-3-4-11-18-34-29-30-27-26(28(33)32(29)20-23-14-9-6-10-15-23)24-16-17-31(21-25(24)35-27)19-22-12-7-5-8-13-22/h5-10,12-15H,2-4,11,16-21H2,1H3. The van der Waals surface area contributed by atoms with E-state index in [2.05, 4.69) is 54.3 Å². The van der Waals surface area contributed by atoms with Crippen molar-refractivity contribution in [1.29, 1.82) is 0 Å². The number of benzene rings is 2. The van der Waals surface area contributed by atoms with Crippen LogP contribution in [0.2, 0.25) is 0 Å². The van der Waals surface area contributed by atoms with Crippen LogP contribution in [-0.4, -0.2) is 26.7 Å². The maximum Gasteiger partial charge on any atom is 0.263 e. The summed E-state index contributed by atoms with van der Waals surface area (Å²) in [7, 11) is 0. The van der Waals surface area contributed by atoms with E-state index in [1.54, 1.807) is 23.1 Å². The SMILES string of the molecule is CCCCCCSc1nc2sc3c(c2c(=O)n1Cc1ccccc1)CCN(Cc1ccccc1)C3. The molecule has 0 aliphatic carbocycles. The van der Waals surface area contributed by atoms with Gasteiger partial charge in [0.2, 0.25) is 0 Å². The molecule has 0 spiro atoms. The van der Waals surface area contributed by atoms with Gasteiger partial charge in [-0.1, -0.05) is 98.6 Å². The topological polar surface area (TPSA) is 38.1 Å². The van der Waals surface area contributed by atoms with Gasteiger partial charge in [0, 0.05) is 30.3 Å². The summed E-state index contributed by atoms with van der Waals surface area (Å²) in [4.78, 5) is 23.7. The van der Waals surface area contributed by atoms with Crippen LogP contribution in [0.1, 0.15) is 54.2 Å². The summed E-state index contributed by atoms with van der Waals surface area (Å²) in [5, 5.41) is 1.72. The first-order valence-electron chi connectivity index (χ1n) is 12.7. The van der Waals surface area contributed by atoms with E-state index in [0.29, 0.717) is 6.54 Å². The van der Waals surface area contributed by atoms with Gasteiger partial charge in [0.15, 0.2) is 5.16 Å². The Kier molecular flexibility index (Phi) is 8.02. The molecular formula is C29H33N3OS2. The molecule has 0 amide bonds. The fraction of sp³-hybridized carbons (Fsp3) is 0.379. The zero-order chi connectivity index (χ0) is 24.0. The zero-order valence-electron chi connectivity index (χ0n) is 20.4. The lowest BCUT2D eigenvalue weighted by Crippen LogP contribution is -2.30. The van der Waals surface area contributed by atoms with Crippen LogP contribution in [0.5, 0.6) is 0 Å². The Morgan fingerprint density at radius 1 is 0.943 bits per heavy atom. The van der Waals surface area contributed by atoms with Gasteiger partial charge in [0.25, 0.3) is 5.56 Å². The minimum Gasteiger partial charge on any atom is -0.294 e.